The van der Waals surface area contributed by atoms with Gasteiger partial charge in [0.15, 0.2) is 0 Å². The van der Waals surface area contributed by atoms with E-state index in [1.165, 1.54) is 6.33 Å². The zero-order chi connectivity index (χ0) is 20.1. The Morgan fingerprint density at radius 1 is 0.966 bits per heavy atom. The Morgan fingerprint density at radius 3 is 2.41 bits per heavy atom. The van der Waals surface area contributed by atoms with E-state index in [4.69, 9.17) is 4.74 Å². The van der Waals surface area contributed by atoms with Crippen LogP contribution >= 0.6 is 0 Å². The summed E-state index contributed by atoms with van der Waals surface area (Å²) in [7, 11) is 0. The highest BCUT2D eigenvalue weighted by atomic mass is 16.5. The van der Waals surface area contributed by atoms with Crippen LogP contribution in [0.3, 0.4) is 0 Å². The Bertz CT molecular complexity index is 1090. The first-order valence-corrected chi connectivity index (χ1v) is 9.04. The number of benzene rings is 3. The molecule has 1 heterocycles. The lowest BCUT2D eigenvalue weighted by atomic mass is 10.1. The zero-order valence-corrected chi connectivity index (χ0v) is 15.7. The number of nitrogens with one attached hydrogen (secondary N) is 2. The lowest BCUT2D eigenvalue weighted by Crippen LogP contribution is -2.29. The first-order valence-electron chi connectivity index (χ1n) is 9.04. The summed E-state index contributed by atoms with van der Waals surface area (Å²) in [5.41, 5.74) is 8.64. The monoisotopic (exact) mass is 385 g/mol. The maximum Gasteiger partial charge on any atom is 0.269 e. The number of ether oxygens (including phenoxy) is 1. The quantitative estimate of drug-likeness (QED) is 0.488. The van der Waals surface area contributed by atoms with Crippen LogP contribution in [0.25, 0.3) is 5.69 Å². The molecule has 0 spiro atoms. The largest absolute Gasteiger partial charge is 0.457 e. The average Bonchev–Trinajstić information content (AvgIpc) is 3.29. The fourth-order valence-corrected chi connectivity index (χ4v) is 2.81. The van der Waals surface area contributed by atoms with E-state index in [1.807, 2.05) is 73.7 Å². The standard InChI is InChI=1S/C22H19N5O2/c1-16-13-18(27-15-23-14-24-27)9-12-21(16)22(28)26-25-17-7-10-20(11-8-17)29-19-5-3-2-4-6-19/h2-15,25H,1H3,(H,26,28). The predicted octanol–water partition coefficient (Wildman–Crippen LogP) is 4.12. The summed E-state index contributed by atoms with van der Waals surface area (Å²) >= 11 is 0. The number of rotatable bonds is 6. The van der Waals surface area contributed by atoms with Crippen molar-refractivity contribution in [3.63, 3.8) is 0 Å². The first kappa shape index (κ1) is 18.2. The van der Waals surface area contributed by atoms with Crippen LogP contribution in [0.2, 0.25) is 0 Å². The van der Waals surface area contributed by atoms with E-state index in [-0.39, 0.29) is 5.91 Å². The lowest BCUT2D eigenvalue weighted by molar-refractivity contribution is 0.0962. The molecule has 7 heteroatoms. The van der Waals surface area contributed by atoms with Crippen molar-refractivity contribution in [2.75, 3.05) is 5.43 Å². The topological polar surface area (TPSA) is 81.1 Å². The molecule has 1 amide bonds. The molecule has 0 aliphatic carbocycles. The Kier molecular flexibility index (Phi) is 5.20. The van der Waals surface area contributed by atoms with Gasteiger partial charge in [0.25, 0.3) is 5.91 Å². The highest BCUT2D eigenvalue weighted by molar-refractivity contribution is 5.96. The lowest BCUT2D eigenvalue weighted by Gasteiger charge is -2.12. The van der Waals surface area contributed by atoms with E-state index >= 15 is 0 Å². The third-order valence-corrected chi connectivity index (χ3v) is 4.29. The van der Waals surface area contributed by atoms with Gasteiger partial charge in [-0.15, -0.1) is 0 Å². The maximum absolute atomic E-state index is 12.5. The van der Waals surface area contributed by atoms with Crippen LogP contribution in [-0.4, -0.2) is 20.7 Å². The second-order valence-electron chi connectivity index (χ2n) is 6.36. The van der Waals surface area contributed by atoms with Crippen molar-refractivity contribution in [2.45, 2.75) is 6.92 Å². The third-order valence-electron chi connectivity index (χ3n) is 4.29. The van der Waals surface area contributed by atoms with E-state index in [0.29, 0.717) is 11.3 Å². The van der Waals surface area contributed by atoms with E-state index in [2.05, 4.69) is 20.9 Å². The number of carbonyl (C=O) groups excluding carboxylic acids is 1. The minimum absolute atomic E-state index is 0.225. The van der Waals surface area contributed by atoms with Crippen LogP contribution in [0.5, 0.6) is 11.5 Å². The number of para-hydroxylation sites is 1. The maximum atomic E-state index is 12.5. The van der Waals surface area contributed by atoms with Crippen LogP contribution < -0.4 is 15.6 Å². The summed E-state index contributed by atoms with van der Waals surface area (Å²) < 4.78 is 7.40. The fourth-order valence-electron chi connectivity index (χ4n) is 2.81. The second-order valence-corrected chi connectivity index (χ2v) is 6.36. The van der Waals surface area contributed by atoms with E-state index < -0.39 is 0 Å². The highest BCUT2D eigenvalue weighted by Gasteiger charge is 2.10. The number of anilines is 1. The van der Waals surface area contributed by atoms with Crippen LogP contribution in [0, 0.1) is 6.92 Å². The minimum Gasteiger partial charge on any atom is -0.457 e. The number of nitrogens with zero attached hydrogens (tertiary/aromatic N) is 3. The summed E-state index contributed by atoms with van der Waals surface area (Å²) in [6.45, 7) is 1.88. The molecular formula is C22H19N5O2. The molecule has 4 aromatic rings. The Balaban J connectivity index is 1.37. The Morgan fingerprint density at radius 2 is 1.72 bits per heavy atom. The summed E-state index contributed by atoms with van der Waals surface area (Å²) in [6, 6.07) is 22.4. The molecule has 144 valence electrons. The van der Waals surface area contributed by atoms with Crippen molar-refractivity contribution < 1.29 is 9.53 Å². The predicted molar refractivity (Wildman–Crippen MR) is 110 cm³/mol. The van der Waals surface area contributed by atoms with Crippen molar-refractivity contribution in [2.24, 2.45) is 0 Å². The van der Waals surface area contributed by atoms with Gasteiger partial charge in [0, 0.05) is 5.56 Å². The molecule has 0 aliphatic rings. The van der Waals surface area contributed by atoms with Crippen LogP contribution in [-0.2, 0) is 0 Å². The van der Waals surface area contributed by atoms with Gasteiger partial charge in [-0.05, 0) is 67.1 Å². The molecule has 0 unspecified atom stereocenters. The number of aromatic nitrogens is 3. The molecule has 0 radical (unpaired) electrons. The zero-order valence-electron chi connectivity index (χ0n) is 15.7. The number of hydrogen-bond acceptors (Lipinski definition) is 5. The summed E-state index contributed by atoms with van der Waals surface area (Å²) in [4.78, 5) is 16.4. The van der Waals surface area contributed by atoms with Gasteiger partial charge in [-0.25, -0.2) is 9.67 Å². The number of carbonyl (C=O) groups is 1. The number of hydrogen-bond donors (Lipinski definition) is 2. The Hall–Kier alpha value is -4.13. The molecule has 0 aliphatic heterocycles. The third kappa shape index (κ3) is 4.41. The molecule has 0 saturated carbocycles. The average molecular weight is 385 g/mol. The number of hydrazine groups is 1. The molecule has 2 N–H and O–H groups in total. The van der Waals surface area contributed by atoms with Crippen molar-refractivity contribution in [1.29, 1.82) is 0 Å². The second kappa shape index (κ2) is 8.26. The van der Waals surface area contributed by atoms with Crippen LogP contribution in [0.1, 0.15) is 15.9 Å². The van der Waals surface area contributed by atoms with E-state index in [0.717, 1.165) is 22.7 Å². The SMILES string of the molecule is Cc1cc(-n2cncn2)ccc1C(=O)NNc1ccc(Oc2ccccc2)cc1. The number of aryl methyl sites for hydroxylation is 1. The molecule has 29 heavy (non-hydrogen) atoms. The smallest absolute Gasteiger partial charge is 0.269 e. The molecule has 1 aromatic heterocycles. The highest BCUT2D eigenvalue weighted by Crippen LogP contribution is 2.22. The molecule has 3 aromatic carbocycles. The van der Waals surface area contributed by atoms with Crippen molar-refractivity contribution in [3.05, 3.63) is 96.6 Å². The molecule has 7 nitrogen and oxygen atoms in total. The normalized spacial score (nSPS) is 10.4. The number of amides is 1. The molecule has 0 saturated heterocycles. The van der Waals surface area contributed by atoms with Gasteiger partial charge in [-0.3, -0.25) is 15.6 Å². The van der Waals surface area contributed by atoms with Gasteiger partial charge in [-0.1, -0.05) is 18.2 Å². The summed E-state index contributed by atoms with van der Waals surface area (Å²) in [5.74, 6) is 1.26. The molecule has 0 fully saturated rings. The molecule has 0 bridgehead atoms. The Labute approximate surface area is 168 Å². The molecular weight excluding hydrogens is 366 g/mol. The van der Waals surface area contributed by atoms with Gasteiger partial charge in [0.2, 0.25) is 0 Å². The fraction of sp³-hybridized carbons (Fsp3) is 0.0455. The van der Waals surface area contributed by atoms with Gasteiger partial charge in [0.05, 0.1) is 11.4 Å². The summed E-state index contributed by atoms with van der Waals surface area (Å²) in [6.07, 6.45) is 3.08. The van der Waals surface area contributed by atoms with Gasteiger partial charge < -0.3 is 4.74 Å². The molecule has 0 atom stereocenters. The van der Waals surface area contributed by atoms with Gasteiger partial charge in [-0.2, -0.15) is 5.10 Å². The summed E-state index contributed by atoms with van der Waals surface area (Å²) in [5, 5.41) is 4.09. The van der Waals surface area contributed by atoms with Crippen LogP contribution in [0.15, 0.2) is 85.5 Å². The minimum atomic E-state index is -0.225. The van der Waals surface area contributed by atoms with Gasteiger partial charge in [0.1, 0.15) is 24.2 Å². The molecule has 4 rings (SSSR count). The van der Waals surface area contributed by atoms with E-state index in [9.17, 15) is 4.79 Å². The van der Waals surface area contributed by atoms with Crippen LogP contribution in [0.4, 0.5) is 5.69 Å². The van der Waals surface area contributed by atoms with Crippen molar-refractivity contribution in [3.8, 4) is 17.2 Å². The van der Waals surface area contributed by atoms with Crippen molar-refractivity contribution >= 4 is 11.6 Å². The van der Waals surface area contributed by atoms with Crippen molar-refractivity contribution in [1.82, 2.24) is 20.2 Å². The van der Waals surface area contributed by atoms with E-state index in [1.54, 1.807) is 17.1 Å². The first-order chi connectivity index (χ1) is 14.2. The van der Waals surface area contributed by atoms with Gasteiger partial charge >= 0.3 is 0 Å².